The van der Waals surface area contributed by atoms with Crippen LogP contribution in [-0.4, -0.2) is 81.8 Å². The number of aliphatic hydroxyl groups is 1. The number of carboxylic acids is 2. The minimum absolute atomic E-state index is 0.0823. The van der Waals surface area contributed by atoms with E-state index in [9.17, 15) is 29.1 Å². The van der Waals surface area contributed by atoms with E-state index in [0.29, 0.717) is 13.0 Å². The predicted molar refractivity (Wildman–Crippen MR) is 108 cm³/mol. The van der Waals surface area contributed by atoms with Gasteiger partial charge in [-0.1, -0.05) is 13.8 Å². The number of rotatable bonds is 12. The monoisotopic (exact) mass is 444 g/mol. The maximum atomic E-state index is 12.7. The fraction of sp³-hybridized carbons (Fsp3) is 0.737. The molecule has 0 aromatic heterocycles. The van der Waals surface area contributed by atoms with Gasteiger partial charge in [-0.05, 0) is 38.6 Å². The maximum Gasteiger partial charge on any atom is 0.326 e. The quantitative estimate of drug-likeness (QED) is 0.181. The zero-order valence-electron chi connectivity index (χ0n) is 17.9. The molecule has 1 saturated heterocycles. The van der Waals surface area contributed by atoms with Gasteiger partial charge in [0, 0.05) is 0 Å². The standard InChI is InChI=1S/C19H32N4O8/c1-9(2)7-12(17(28)22-13(19(30)31)8-14(25)26)21-18(29)15(10(3)24)23-16(27)11-5-4-6-20-11/h9-13,15,20,24H,4-8H2,1-3H3,(H,21,29)(H,22,28)(H,23,27)(H,25,26)(H,30,31). The number of carboxylic acid groups (broad SMARTS) is 2. The summed E-state index contributed by atoms with van der Waals surface area (Å²) in [6.45, 7) is 5.54. The van der Waals surface area contributed by atoms with Crippen LogP contribution in [0.5, 0.6) is 0 Å². The number of aliphatic hydroxyl groups excluding tert-OH is 1. The van der Waals surface area contributed by atoms with Crippen LogP contribution in [0.3, 0.4) is 0 Å². The molecule has 1 rings (SSSR count). The average molecular weight is 444 g/mol. The van der Waals surface area contributed by atoms with Gasteiger partial charge in [-0.3, -0.25) is 19.2 Å². The van der Waals surface area contributed by atoms with Gasteiger partial charge < -0.3 is 36.6 Å². The highest BCUT2D eigenvalue weighted by molar-refractivity contribution is 5.95. The molecule has 12 heteroatoms. The van der Waals surface area contributed by atoms with E-state index >= 15 is 0 Å². The fourth-order valence-corrected chi connectivity index (χ4v) is 3.18. The van der Waals surface area contributed by atoms with Crippen molar-refractivity contribution in [3.05, 3.63) is 0 Å². The molecule has 5 atom stereocenters. The summed E-state index contributed by atoms with van der Waals surface area (Å²) in [5, 5.41) is 37.9. The second-order valence-corrected chi connectivity index (χ2v) is 8.06. The van der Waals surface area contributed by atoms with Crippen LogP contribution in [0.4, 0.5) is 0 Å². The van der Waals surface area contributed by atoms with E-state index in [-0.39, 0.29) is 12.3 Å². The smallest absolute Gasteiger partial charge is 0.326 e. The van der Waals surface area contributed by atoms with E-state index in [0.717, 1.165) is 6.42 Å². The summed E-state index contributed by atoms with van der Waals surface area (Å²) in [5.41, 5.74) is 0. The van der Waals surface area contributed by atoms with Crippen LogP contribution in [0.25, 0.3) is 0 Å². The molecule has 0 aromatic rings. The fourth-order valence-electron chi connectivity index (χ4n) is 3.18. The molecule has 31 heavy (non-hydrogen) atoms. The highest BCUT2D eigenvalue weighted by Crippen LogP contribution is 2.09. The molecule has 0 bridgehead atoms. The Balaban J connectivity index is 2.89. The first-order valence-corrected chi connectivity index (χ1v) is 10.2. The summed E-state index contributed by atoms with van der Waals surface area (Å²) in [5.74, 6) is -5.15. The lowest BCUT2D eigenvalue weighted by Gasteiger charge is -2.27. The lowest BCUT2D eigenvalue weighted by Crippen LogP contribution is -2.60. The number of hydrogen-bond acceptors (Lipinski definition) is 7. The van der Waals surface area contributed by atoms with Gasteiger partial charge in [0.05, 0.1) is 18.6 Å². The molecule has 176 valence electrons. The molecule has 7 N–H and O–H groups in total. The number of carbonyl (C=O) groups is 5. The second-order valence-electron chi connectivity index (χ2n) is 8.06. The van der Waals surface area contributed by atoms with Crippen LogP contribution < -0.4 is 21.3 Å². The maximum absolute atomic E-state index is 12.7. The van der Waals surface area contributed by atoms with Crippen LogP contribution in [0, 0.1) is 5.92 Å². The Morgan fingerprint density at radius 2 is 1.58 bits per heavy atom. The average Bonchev–Trinajstić information content (AvgIpc) is 3.18. The van der Waals surface area contributed by atoms with Crippen molar-refractivity contribution >= 4 is 29.7 Å². The van der Waals surface area contributed by atoms with Gasteiger partial charge >= 0.3 is 11.9 Å². The van der Waals surface area contributed by atoms with Crippen molar-refractivity contribution < 1.29 is 39.3 Å². The van der Waals surface area contributed by atoms with Crippen LogP contribution in [0.2, 0.25) is 0 Å². The SMILES string of the molecule is CC(C)CC(NC(=O)C(NC(=O)C1CCCN1)C(C)O)C(=O)NC(CC(=O)O)C(=O)O. The first-order valence-electron chi connectivity index (χ1n) is 10.2. The van der Waals surface area contributed by atoms with Crippen molar-refractivity contribution in [1.82, 2.24) is 21.3 Å². The highest BCUT2D eigenvalue weighted by Gasteiger charge is 2.34. The molecule has 1 heterocycles. The Morgan fingerprint density at radius 1 is 0.968 bits per heavy atom. The first kappa shape index (κ1) is 26.3. The summed E-state index contributed by atoms with van der Waals surface area (Å²) in [6, 6.07) is -4.66. The summed E-state index contributed by atoms with van der Waals surface area (Å²) < 4.78 is 0. The summed E-state index contributed by atoms with van der Waals surface area (Å²) in [7, 11) is 0. The molecule has 1 aliphatic heterocycles. The molecular weight excluding hydrogens is 412 g/mol. The minimum Gasteiger partial charge on any atom is -0.481 e. The lowest BCUT2D eigenvalue weighted by atomic mass is 10.0. The summed E-state index contributed by atoms with van der Waals surface area (Å²) >= 11 is 0. The van der Waals surface area contributed by atoms with Crippen molar-refractivity contribution in [3.63, 3.8) is 0 Å². The Bertz CT molecular complexity index is 676. The number of aliphatic carboxylic acids is 2. The summed E-state index contributed by atoms with van der Waals surface area (Å²) in [4.78, 5) is 59.7. The molecule has 0 spiro atoms. The third kappa shape index (κ3) is 8.89. The first-order chi connectivity index (χ1) is 14.4. The molecule has 0 aromatic carbocycles. The van der Waals surface area contributed by atoms with Crippen LogP contribution >= 0.6 is 0 Å². The number of amides is 3. The van der Waals surface area contributed by atoms with E-state index < -0.39 is 66.4 Å². The molecule has 3 amide bonds. The highest BCUT2D eigenvalue weighted by atomic mass is 16.4. The van der Waals surface area contributed by atoms with Gasteiger partial charge in [0.1, 0.15) is 18.1 Å². The molecule has 0 saturated carbocycles. The molecule has 1 fully saturated rings. The van der Waals surface area contributed by atoms with Gasteiger partial charge in [0.15, 0.2) is 0 Å². The number of carbonyl (C=O) groups excluding carboxylic acids is 3. The molecular formula is C19H32N4O8. The summed E-state index contributed by atoms with van der Waals surface area (Å²) in [6.07, 6.45) is -0.557. The molecule has 1 aliphatic rings. The van der Waals surface area contributed by atoms with Crippen molar-refractivity contribution in [2.75, 3.05) is 6.54 Å². The van der Waals surface area contributed by atoms with Crippen molar-refractivity contribution in [3.8, 4) is 0 Å². The van der Waals surface area contributed by atoms with Crippen molar-refractivity contribution in [1.29, 1.82) is 0 Å². The van der Waals surface area contributed by atoms with Gasteiger partial charge in [0.25, 0.3) is 0 Å². The molecule has 12 nitrogen and oxygen atoms in total. The van der Waals surface area contributed by atoms with E-state index in [1.807, 2.05) is 0 Å². The third-order valence-corrected chi connectivity index (χ3v) is 4.77. The second kappa shape index (κ2) is 12.2. The van der Waals surface area contributed by atoms with E-state index in [1.165, 1.54) is 6.92 Å². The number of nitrogens with one attached hydrogen (secondary N) is 4. The van der Waals surface area contributed by atoms with Crippen molar-refractivity contribution in [2.45, 2.75) is 76.7 Å². The molecule has 0 radical (unpaired) electrons. The van der Waals surface area contributed by atoms with E-state index in [2.05, 4.69) is 21.3 Å². The zero-order chi connectivity index (χ0) is 23.7. The molecule has 5 unspecified atom stereocenters. The minimum atomic E-state index is -1.67. The zero-order valence-corrected chi connectivity index (χ0v) is 17.9. The normalized spacial score (nSPS) is 19.7. The Morgan fingerprint density at radius 3 is 2.03 bits per heavy atom. The number of hydrogen-bond donors (Lipinski definition) is 7. The molecule has 0 aliphatic carbocycles. The third-order valence-electron chi connectivity index (χ3n) is 4.77. The Hall–Kier alpha value is -2.73. The van der Waals surface area contributed by atoms with E-state index in [1.54, 1.807) is 13.8 Å². The van der Waals surface area contributed by atoms with Crippen LogP contribution in [-0.2, 0) is 24.0 Å². The Labute approximate surface area is 180 Å². The van der Waals surface area contributed by atoms with Crippen LogP contribution in [0.15, 0.2) is 0 Å². The van der Waals surface area contributed by atoms with Crippen molar-refractivity contribution in [2.24, 2.45) is 5.92 Å². The Kier molecular flexibility index (Phi) is 10.4. The van der Waals surface area contributed by atoms with E-state index in [4.69, 9.17) is 10.2 Å². The van der Waals surface area contributed by atoms with Gasteiger partial charge in [-0.15, -0.1) is 0 Å². The predicted octanol–water partition coefficient (Wildman–Crippen LogP) is -1.82. The van der Waals surface area contributed by atoms with Crippen LogP contribution in [0.1, 0.15) is 46.5 Å². The van der Waals surface area contributed by atoms with Gasteiger partial charge in [0.2, 0.25) is 17.7 Å². The topological polar surface area (TPSA) is 194 Å². The van der Waals surface area contributed by atoms with Gasteiger partial charge in [-0.25, -0.2) is 4.79 Å². The lowest BCUT2D eigenvalue weighted by molar-refractivity contribution is -0.147. The van der Waals surface area contributed by atoms with Gasteiger partial charge in [-0.2, -0.15) is 0 Å². The largest absolute Gasteiger partial charge is 0.481 e.